The first kappa shape index (κ1) is 14.3. The molecule has 0 saturated carbocycles. The average Bonchev–Trinajstić information content (AvgIpc) is 2.27. The zero-order chi connectivity index (χ0) is 14.0. The van der Waals surface area contributed by atoms with E-state index in [-0.39, 0.29) is 26.0 Å². The van der Waals surface area contributed by atoms with Crippen LogP contribution in [0.3, 0.4) is 0 Å². The number of nitrogens with zero attached hydrogens (tertiary/aromatic N) is 2. The predicted molar refractivity (Wildman–Crippen MR) is 74.3 cm³/mol. The number of rotatable bonds is 3. The number of anilines is 1. The van der Waals surface area contributed by atoms with Gasteiger partial charge in [0.05, 0.1) is 10.0 Å². The smallest absolute Gasteiger partial charge is 0.247 e. The van der Waals surface area contributed by atoms with Gasteiger partial charge in [0.2, 0.25) is 5.95 Å². The van der Waals surface area contributed by atoms with Crippen LogP contribution in [0.2, 0.25) is 15.2 Å². The van der Waals surface area contributed by atoms with Gasteiger partial charge in [-0.2, -0.15) is 0 Å². The number of hydrogen-bond donors (Lipinski definition) is 1. The topological polar surface area (TPSA) is 72.0 Å². The molecule has 0 aliphatic heterocycles. The lowest BCUT2D eigenvalue weighted by molar-refractivity contribution is 0.601. The Kier molecular flexibility index (Phi) is 4.15. The summed E-state index contributed by atoms with van der Waals surface area (Å²) >= 11 is 17.3. The lowest BCUT2D eigenvalue weighted by Gasteiger charge is -2.09. The summed E-state index contributed by atoms with van der Waals surface area (Å²) in [5, 5.41) is 0.113. The van der Waals surface area contributed by atoms with Crippen molar-refractivity contribution in [3.8, 4) is 0 Å². The lowest BCUT2D eigenvalue weighted by Crippen LogP contribution is -2.16. The van der Waals surface area contributed by atoms with Crippen LogP contribution in [0.25, 0.3) is 0 Å². The fourth-order valence-corrected chi connectivity index (χ4v) is 3.53. The lowest BCUT2D eigenvalue weighted by atomic mass is 10.4. The maximum Gasteiger partial charge on any atom is 0.267 e. The van der Waals surface area contributed by atoms with Gasteiger partial charge in [0.1, 0.15) is 10.0 Å². The number of benzene rings is 1. The minimum atomic E-state index is -3.99. The minimum Gasteiger partial charge on any atom is -0.247 e. The molecule has 2 aromatic rings. The molecule has 2 rings (SSSR count). The van der Waals surface area contributed by atoms with Gasteiger partial charge < -0.3 is 0 Å². The van der Waals surface area contributed by atoms with Crippen LogP contribution in [0, 0.1) is 0 Å². The maximum absolute atomic E-state index is 12.2. The summed E-state index contributed by atoms with van der Waals surface area (Å²) in [7, 11) is -3.99. The van der Waals surface area contributed by atoms with Crippen LogP contribution >= 0.6 is 34.8 Å². The van der Waals surface area contributed by atoms with Gasteiger partial charge in [0, 0.05) is 6.20 Å². The zero-order valence-corrected chi connectivity index (χ0v) is 12.2. The van der Waals surface area contributed by atoms with Crippen molar-refractivity contribution >= 4 is 50.8 Å². The molecule has 0 fully saturated rings. The van der Waals surface area contributed by atoms with Crippen LogP contribution < -0.4 is 4.72 Å². The van der Waals surface area contributed by atoms with Gasteiger partial charge in [-0.3, -0.25) is 0 Å². The molecule has 0 radical (unpaired) electrons. The third-order valence-corrected chi connectivity index (χ3v) is 4.53. The molecule has 5 nitrogen and oxygen atoms in total. The summed E-state index contributed by atoms with van der Waals surface area (Å²) in [6.07, 6.45) is 1.32. The van der Waals surface area contributed by atoms with Gasteiger partial charge >= 0.3 is 0 Å². The van der Waals surface area contributed by atoms with Gasteiger partial charge in [-0.1, -0.05) is 40.9 Å². The van der Waals surface area contributed by atoms with Crippen LogP contribution in [0.5, 0.6) is 0 Å². The minimum absolute atomic E-state index is 0.00188. The molecule has 100 valence electrons. The zero-order valence-electron chi connectivity index (χ0n) is 9.14. The van der Waals surface area contributed by atoms with Crippen molar-refractivity contribution in [1.82, 2.24) is 9.97 Å². The van der Waals surface area contributed by atoms with Crippen LogP contribution in [-0.2, 0) is 10.0 Å². The van der Waals surface area contributed by atoms with Crippen molar-refractivity contribution in [2.45, 2.75) is 4.90 Å². The molecule has 0 spiro atoms. The van der Waals surface area contributed by atoms with E-state index in [4.69, 9.17) is 34.8 Å². The van der Waals surface area contributed by atoms with E-state index in [9.17, 15) is 8.42 Å². The molecule has 0 amide bonds. The molecular weight excluding hydrogens is 333 g/mol. The summed E-state index contributed by atoms with van der Waals surface area (Å²) in [6, 6.07) is 5.79. The molecule has 0 aliphatic rings. The third-order valence-electron chi connectivity index (χ3n) is 2.03. The van der Waals surface area contributed by atoms with Gasteiger partial charge in [-0.15, -0.1) is 0 Å². The highest BCUT2D eigenvalue weighted by Crippen LogP contribution is 2.29. The third kappa shape index (κ3) is 3.27. The number of hydrogen-bond acceptors (Lipinski definition) is 4. The Labute approximate surface area is 124 Å². The Morgan fingerprint density at radius 1 is 1.05 bits per heavy atom. The molecular formula is C10H6Cl3N3O2S. The van der Waals surface area contributed by atoms with Gasteiger partial charge in [0.15, 0.2) is 0 Å². The maximum atomic E-state index is 12.2. The SMILES string of the molecule is O=S(=O)(Nc1nccc(Cl)n1)c1c(Cl)cccc1Cl. The number of halogens is 3. The predicted octanol–water partition coefficient (Wildman–Crippen LogP) is 3.24. The van der Waals surface area contributed by atoms with Crippen molar-refractivity contribution in [1.29, 1.82) is 0 Å². The number of sulfonamides is 1. The molecule has 0 saturated heterocycles. The summed E-state index contributed by atoms with van der Waals surface area (Å²) in [5.74, 6) is -0.163. The Hall–Kier alpha value is -1.08. The molecule has 9 heteroatoms. The quantitative estimate of drug-likeness (QED) is 0.872. The molecule has 0 aliphatic carbocycles. The fourth-order valence-electron chi connectivity index (χ4n) is 1.30. The fraction of sp³-hybridized carbons (Fsp3) is 0. The first-order chi connectivity index (χ1) is 8.90. The Morgan fingerprint density at radius 2 is 1.68 bits per heavy atom. The second-order valence-corrected chi connectivity index (χ2v) is 6.18. The highest BCUT2D eigenvalue weighted by atomic mass is 35.5. The van der Waals surface area contributed by atoms with E-state index >= 15 is 0 Å². The number of nitrogens with one attached hydrogen (secondary N) is 1. The van der Waals surface area contributed by atoms with Crippen LogP contribution in [0.4, 0.5) is 5.95 Å². The van der Waals surface area contributed by atoms with E-state index in [0.29, 0.717) is 0 Å². The van der Waals surface area contributed by atoms with Crippen molar-refractivity contribution < 1.29 is 8.42 Å². The summed E-state index contributed by atoms with van der Waals surface area (Å²) in [5.41, 5.74) is 0. The highest BCUT2D eigenvalue weighted by Gasteiger charge is 2.22. The van der Waals surface area contributed by atoms with E-state index in [1.807, 2.05) is 0 Å². The average molecular weight is 339 g/mol. The molecule has 1 aromatic carbocycles. The van der Waals surface area contributed by atoms with E-state index in [0.717, 1.165) is 0 Å². The molecule has 1 heterocycles. The van der Waals surface area contributed by atoms with Crippen molar-refractivity contribution in [3.05, 3.63) is 45.7 Å². The molecule has 1 N–H and O–H groups in total. The van der Waals surface area contributed by atoms with Crippen LogP contribution in [0.1, 0.15) is 0 Å². The van der Waals surface area contributed by atoms with E-state index in [1.54, 1.807) is 6.07 Å². The molecule has 0 bridgehead atoms. The molecule has 0 unspecified atom stereocenters. The highest BCUT2D eigenvalue weighted by molar-refractivity contribution is 7.93. The monoisotopic (exact) mass is 337 g/mol. The molecule has 0 atom stereocenters. The standard InChI is InChI=1S/C10H6Cl3N3O2S/c11-6-2-1-3-7(12)9(6)19(17,18)16-10-14-5-4-8(13)15-10/h1-5H,(H,14,15,16). The normalized spacial score (nSPS) is 11.3. The van der Waals surface area contributed by atoms with Gasteiger partial charge in [0.25, 0.3) is 10.0 Å². The van der Waals surface area contributed by atoms with Crippen LogP contribution in [-0.4, -0.2) is 18.4 Å². The first-order valence-electron chi connectivity index (χ1n) is 4.85. The van der Waals surface area contributed by atoms with Gasteiger partial charge in [-0.05, 0) is 18.2 Å². The second-order valence-electron chi connectivity index (χ2n) is 3.36. The van der Waals surface area contributed by atoms with E-state index < -0.39 is 10.0 Å². The van der Waals surface area contributed by atoms with E-state index in [2.05, 4.69) is 14.7 Å². The van der Waals surface area contributed by atoms with Gasteiger partial charge in [-0.25, -0.2) is 23.1 Å². The van der Waals surface area contributed by atoms with Crippen LogP contribution in [0.15, 0.2) is 35.4 Å². The Balaban J connectivity index is 2.44. The van der Waals surface area contributed by atoms with E-state index in [1.165, 1.54) is 24.4 Å². The molecule has 1 aromatic heterocycles. The summed E-state index contributed by atoms with van der Waals surface area (Å²) in [4.78, 5) is 7.22. The Bertz CT molecular complexity index is 701. The summed E-state index contributed by atoms with van der Waals surface area (Å²) < 4.78 is 26.5. The Morgan fingerprint density at radius 3 is 2.26 bits per heavy atom. The molecule has 19 heavy (non-hydrogen) atoms. The number of aromatic nitrogens is 2. The van der Waals surface area contributed by atoms with Crippen molar-refractivity contribution in [3.63, 3.8) is 0 Å². The first-order valence-corrected chi connectivity index (χ1v) is 7.47. The largest absolute Gasteiger partial charge is 0.267 e. The van der Waals surface area contributed by atoms with Crippen molar-refractivity contribution in [2.24, 2.45) is 0 Å². The summed E-state index contributed by atoms with van der Waals surface area (Å²) in [6.45, 7) is 0. The second kappa shape index (κ2) is 5.50. The van der Waals surface area contributed by atoms with Crippen molar-refractivity contribution in [2.75, 3.05) is 4.72 Å².